The van der Waals surface area contributed by atoms with Crippen molar-refractivity contribution in [2.45, 2.75) is 51.4 Å². The van der Waals surface area contributed by atoms with Crippen LogP contribution in [0.2, 0.25) is 0 Å². The molecule has 0 spiro atoms. The summed E-state index contributed by atoms with van der Waals surface area (Å²) in [5.41, 5.74) is 6.97. The van der Waals surface area contributed by atoms with Crippen molar-refractivity contribution in [3.63, 3.8) is 0 Å². The van der Waals surface area contributed by atoms with E-state index < -0.39 is 0 Å². The zero-order chi connectivity index (χ0) is 14.0. The molecule has 1 aromatic carbocycles. The largest absolute Gasteiger partial charge is 0.490 e. The number of nitrogens with two attached hydrogens (primary N) is 1. The molecule has 106 valence electrons. The topological polar surface area (TPSA) is 44.5 Å². The van der Waals surface area contributed by atoms with E-state index in [1.54, 1.807) is 0 Å². The number of ether oxygens (including phenoxy) is 2. The van der Waals surface area contributed by atoms with Gasteiger partial charge in [0.05, 0.1) is 11.7 Å². The Morgan fingerprint density at radius 1 is 1.53 bits per heavy atom. The molecule has 1 aromatic rings. The van der Waals surface area contributed by atoms with Crippen LogP contribution in [0.4, 0.5) is 0 Å². The zero-order valence-corrected chi connectivity index (χ0v) is 13.4. The highest BCUT2D eigenvalue weighted by atomic mass is 79.9. The Bertz CT molecular complexity index is 446. The predicted octanol–water partition coefficient (Wildman–Crippen LogP) is 3.81. The lowest BCUT2D eigenvalue weighted by Crippen LogP contribution is -2.24. The van der Waals surface area contributed by atoms with Crippen molar-refractivity contribution < 1.29 is 9.47 Å². The van der Waals surface area contributed by atoms with E-state index in [0.29, 0.717) is 6.61 Å². The first-order valence-electron chi connectivity index (χ1n) is 6.73. The summed E-state index contributed by atoms with van der Waals surface area (Å²) in [7, 11) is 0. The van der Waals surface area contributed by atoms with Gasteiger partial charge in [-0.2, -0.15) is 0 Å². The van der Waals surface area contributed by atoms with Crippen molar-refractivity contribution in [1.29, 1.82) is 0 Å². The van der Waals surface area contributed by atoms with Gasteiger partial charge in [0.2, 0.25) is 0 Å². The molecule has 0 bridgehead atoms. The van der Waals surface area contributed by atoms with Gasteiger partial charge in [0.1, 0.15) is 12.4 Å². The van der Waals surface area contributed by atoms with Crippen molar-refractivity contribution in [3.8, 4) is 5.75 Å². The molecule has 1 unspecified atom stereocenters. The third kappa shape index (κ3) is 3.94. The molecule has 19 heavy (non-hydrogen) atoms. The first-order valence-corrected chi connectivity index (χ1v) is 7.52. The van der Waals surface area contributed by atoms with Crippen molar-refractivity contribution >= 4 is 15.9 Å². The number of hydrogen-bond donors (Lipinski definition) is 1. The van der Waals surface area contributed by atoms with Gasteiger partial charge in [-0.1, -0.05) is 22.0 Å². The third-order valence-electron chi connectivity index (χ3n) is 3.44. The average Bonchev–Trinajstić information content (AvgIpc) is 2.66. The number of rotatable bonds is 4. The summed E-state index contributed by atoms with van der Waals surface area (Å²) in [4.78, 5) is 0. The van der Waals surface area contributed by atoms with Gasteiger partial charge in [0.25, 0.3) is 0 Å². The van der Waals surface area contributed by atoms with Gasteiger partial charge < -0.3 is 15.2 Å². The Morgan fingerprint density at radius 2 is 2.26 bits per heavy atom. The molecular weight excluding hydrogens is 306 g/mol. The minimum Gasteiger partial charge on any atom is -0.490 e. The molecule has 2 atom stereocenters. The second kappa shape index (κ2) is 5.81. The maximum absolute atomic E-state index is 5.96. The fraction of sp³-hybridized carbons (Fsp3) is 0.600. The normalized spacial score (nSPS) is 23.3. The SMILES string of the molecule is C[C@H](N)c1ccc(Br)cc1OCC1CCC(C)(C)O1. The molecule has 0 aromatic heterocycles. The molecule has 1 heterocycles. The Hall–Kier alpha value is -0.580. The molecule has 2 rings (SSSR count). The molecule has 3 nitrogen and oxygen atoms in total. The minimum atomic E-state index is -0.0379. The van der Waals surface area contributed by atoms with Crippen LogP contribution in [0.25, 0.3) is 0 Å². The standard InChI is InChI=1S/C15H22BrNO2/c1-10(17)13-5-4-11(16)8-14(13)18-9-12-6-7-15(2,3)19-12/h4-5,8,10,12H,6-7,9,17H2,1-3H3/t10-,12?/m0/s1. The van der Waals surface area contributed by atoms with Crippen LogP contribution in [-0.2, 0) is 4.74 Å². The highest BCUT2D eigenvalue weighted by molar-refractivity contribution is 9.10. The fourth-order valence-electron chi connectivity index (χ4n) is 2.39. The third-order valence-corrected chi connectivity index (χ3v) is 3.94. The minimum absolute atomic E-state index is 0.0186. The summed E-state index contributed by atoms with van der Waals surface area (Å²) in [5.74, 6) is 0.845. The summed E-state index contributed by atoms with van der Waals surface area (Å²) in [6, 6.07) is 5.92. The molecule has 4 heteroatoms. The summed E-state index contributed by atoms with van der Waals surface area (Å²) in [5, 5.41) is 0. The fourth-order valence-corrected chi connectivity index (χ4v) is 2.73. The molecule has 1 saturated heterocycles. The van der Waals surface area contributed by atoms with E-state index in [4.69, 9.17) is 15.2 Å². The van der Waals surface area contributed by atoms with Crippen LogP contribution >= 0.6 is 15.9 Å². The highest BCUT2D eigenvalue weighted by Gasteiger charge is 2.32. The first-order chi connectivity index (χ1) is 8.87. The summed E-state index contributed by atoms with van der Waals surface area (Å²) < 4.78 is 12.9. The molecule has 0 amide bonds. The van der Waals surface area contributed by atoms with E-state index in [9.17, 15) is 0 Å². The van der Waals surface area contributed by atoms with E-state index in [1.807, 2.05) is 25.1 Å². The van der Waals surface area contributed by atoms with Crippen molar-refractivity contribution in [2.75, 3.05) is 6.61 Å². The smallest absolute Gasteiger partial charge is 0.125 e. The molecule has 0 saturated carbocycles. The quantitative estimate of drug-likeness (QED) is 0.914. The van der Waals surface area contributed by atoms with Gasteiger partial charge in [0.15, 0.2) is 0 Å². The van der Waals surface area contributed by atoms with Crippen molar-refractivity contribution in [3.05, 3.63) is 28.2 Å². The van der Waals surface area contributed by atoms with E-state index in [-0.39, 0.29) is 17.7 Å². The Labute approximate surface area is 123 Å². The van der Waals surface area contributed by atoms with Crippen LogP contribution in [-0.4, -0.2) is 18.3 Å². The number of hydrogen-bond acceptors (Lipinski definition) is 3. The Balaban J connectivity index is 2.01. The molecule has 2 N–H and O–H groups in total. The molecule has 0 aliphatic carbocycles. The maximum atomic E-state index is 5.96. The molecule has 1 fully saturated rings. The number of benzene rings is 1. The highest BCUT2D eigenvalue weighted by Crippen LogP contribution is 2.31. The molecule has 0 radical (unpaired) electrons. The molecule has 1 aliphatic rings. The van der Waals surface area contributed by atoms with E-state index in [2.05, 4.69) is 29.8 Å². The van der Waals surface area contributed by atoms with Gasteiger partial charge in [-0.05, 0) is 45.7 Å². The van der Waals surface area contributed by atoms with Crippen LogP contribution in [0.3, 0.4) is 0 Å². The summed E-state index contributed by atoms with van der Waals surface area (Å²) in [6.07, 6.45) is 2.31. The molecule has 1 aliphatic heterocycles. The first kappa shape index (κ1) is 14.8. The molecular formula is C15H22BrNO2. The second-order valence-corrected chi connectivity index (χ2v) is 6.74. The van der Waals surface area contributed by atoms with Crippen molar-refractivity contribution in [1.82, 2.24) is 0 Å². The summed E-state index contributed by atoms with van der Waals surface area (Å²) >= 11 is 3.46. The predicted molar refractivity (Wildman–Crippen MR) is 80.4 cm³/mol. The van der Waals surface area contributed by atoms with Crippen LogP contribution in [0.1, 0.15) is 45.2 Å². The zero-order valence-electron chi connectivity index (χ0n) is 11.8. The lowest BCUT2D eigenvalue weighted by molar-refractivity contribution is -0.0328. The summed E-state index contributed by atoms with van der Waals surface area (Å²) in [6.45, 7) is 6.80. The van der Waals surface area contributed by atoms with Gasteiger partial charge in [-0.15, -0.1) is 0 Å². The van der Waals surface area contributed by atoms with Crippen molar-refractivity contribution in [2.24, 2.45) is 5.73 Å². The lowest BCUT2D eigenvalue weighted by atomic mass is 10.1. The maximum Gasteiger partial charge on any atom is 0.125 e. The second-order valence-electron chi connectivity index (χ2n) is 5.82. The number of halogens is 1. The monoisotopic (exact) mass is 327 g/mol. The lowest BCUT2D eigenvalue weighted by Gasteiger charge is -2.20. The Kier molecular flexibility index (Phi) is 4.54. The van der Waals surface area contributed by atoms with Crippen LogP contribution in [0.5, 0.6) is 5.75 Å². The van der Waals surface area contributed by atoms with E-state index in [0.717, 1.165) is 28.6 Å². The van der Waals surface area contributed by atoms with E-state index in [1.165, 1.54) is 0 Å². The van der Waals surface area contributed by atoms with Gasteiger partial charge in [0, 0.05) is 16.1 Å². The van der Waals surface area contributed by atoms with Crippen LogP contribution in [0, 0.1) is 0 Å². The average molecular weight is 328 g/mol. The van der Waals surface area contributed by atoms with Crippen LogP contribution in [0.15, 0.2) is 22.7 Å². The van der Waals surface area contributed by atoms with Gasteiger partial charge >= 0.3 is 0 Å². The Morgan fingerprint density at radius 3 is 2.84 bits per heavy atom. The van der Waals surface area contributed by atoms with Gasteiger partial charge in [-0.3, -0.25) is 0 Å². The van der Waals surface area contributed by atoms with E-state index >= 15 is 0 Å². The van der Waals surface area contributed by atoms with Crippen LogP contribution < -0.4 is 10.5 Å². The van der Waals surface area contributed by atoms with Gasteiger partial charge in [-0.25, -0.2) is 0 Å².